The van der Waals surface area contributed by atoms with Crippen LogP contribution in [-0.4, -0.2) is 53.0 Å². The Morgan fingerprint density at radius 3 is 2.79 bits per heavy atom. The van der Waals surface area contributed by atoms with Crippen LogP contribution in [0.4, 0.5) is 14.7 Å². The number of nitrogens with zero attached hydrogens (tertiary/aromatic N) is 6. The van der Waals surface area contributed by atoms with Crippen LogP contribution >= 0.6 is 0 Å². The molecule has 0 unspecified atom stereocenters. The maximum absolute atomic E-state index is 13.0. The predicted octanol–water partition coefficient (Wildman–Crippen LogP) is 3.57. The number of nitrogens with one attached hydrogen (secondary N) is 2. The van der Waals surface area contributed by atoms with Gasteiger partial charge in [-0.15, -0.1) is 5.10 Å². The van der Waals surface area contributed by atoms with Crippen molar-refractivity contribution in [2.45, 2.75) is 64.6 Å². The highest BCUT2D eigenvalue weighted by molar-refractivity contribution is 5.82. The molecule has 1 amide bonds. The Kier molecular flexibility index (Phi) is 5.41. The van der Waals surface area contributed by atoms with Gasteiger partial charge in [-0.25, -0.2) is 28.2 Å². The number of halogens is 2. The van der Waals surface area contributed by atoms with E-state index in [1.54, 1.807) is 23.7 Å². The average Bonchev–Trinajstić information content (AvgIpc) is 3.32. The molecule has 4 aromatic rings. The van der Waals surface area contributed by atoms with Crippen molar-refractivity contribution in [3.63, 3.8) is 0 Å². The molecule has 0 bridgehead atoms. The van der Waals surface area contributed by atoms with Crippen LogP contribution in [0.2, 0.25) is 0 Å². The molecule has 1 aliphatic rings. The number of rotatable bonds is 7. The van der Waals surface area contributed by atoms with Gasteiger partial charge in [-0.3, -0.25) is 4.79 Å². The molecule has 1 saturated carbocycles. The Labute approximate surface area is 194 Å². The standard InChI is InChI=1S/C23H26F2N8O/c1-4-20(34)30-23(3)9-14(10-23)28-22-26-11-18-15(7-8-33(18)31-22)16-5-6-17-21(29-16)32(12-19(24)25)13(2)27-17/h5-8,11,14,19H,4,9-10,12H2,1-3H3,(H,28,31)(H,30,34)/t14-,23+. The fraction of sp³-hybridized carbons (Fsp3) is 0.435. The Balaban J connectivity index is 1.36. The predicted molar refractivity (Wildman–Crippen MR) is 124 cm³/mol. The van der Waals surface area contributed by atoms with E-state index in [2.05, 4.69) is 30.7 Å². The number of aryl methyl sites for hydroxylation is 1. The summed E-state index contributed by atoms with van der Waals surface area (Å²) in [6.07, 6.45) is 3.11. The van der Waals surface area contributed by atoms with Gasteiger partial charge in [0.05, 0.1) is 24.0 Å². The molecule has 178 valence electrons. The number of imidazole rings is 1. The Bertz CT molecular complexity index is 1370. The summed E-state index contributed by atoms with van der Waals surface area (Å²) in [6, 6.07) is 5.67. The van der Waals surface area contributed by atoms with Crippen LogP contribution in [0.25, 0.3) is 27.9 Å². The third-order valence-corrected chi connectivity index (χ3v) is 6.29. The van der Waals surface area contributed by atoms with E-state index in [1.165, 1.54) is 4.57 Å². The highest BCUT2D eigenvalue weighted by Gasteiger charge is 2.41. The smallest absolute Gasteiger partial charge is 0.256 e. The summed E-state index contributed by atoms with van der Waals surface area (Å²) in [7, 11) is 0. The number of aromatic nitrogens is 6. The monoisotopic (exact) mass is 468 g/mol. The molecule has 34 heavy (non-hydrogen) atoms. The summed E-state index contributed by atoms with van der Waals surface area (Å²) in [5, 5.41) is 10.9. The van der Waals surface area contributed by atoms with E-state index in [9.17, 15) is 13.6 Å². The fourth-order valence-electron chi connectivity index (χ4n) is 4.64. The largest absolute Gasteiger partial charge is 0.351 e. The molecule has 0 spiro atoms. The molecule has 4 aromatic heterocycles. The summed E-state index contributed by atoms with van der Waals surface area (Å²) in [5.41, 5.74) is 3.00. The quantitative estimate of drug-likeness (QED) is 0.430. The van der Waals surface area contributed by atoms with Gasteiger partial charge in [-0.05, 0) is 44.9 Å². The average molecular weight is 469 g/mol. The number of pyridine rings is 1. The first-order valence-corrected chi connectivity index (χ1v) is 11.3. The van der Waals surface area contributed by atoms with Crippen LogP contribution in [-0.2, 0) is 11.3 Å². The second kappa shape index (κ2) is 8.30. The molecule has 0 aromatic carbocycles. The molecule has 1 aliphatic carbocycles. The highest BCUT2D eigenvalue weighted by atomic mass is 19.3. The number of hydrogen-bond donors (Lipinski definition) is 2. The molecule has 11 heteroatoms. The van der Waals surface area contributed by atoms with Gasteiger partial charge in [0, 0.05) is 29.8 Å². The number of carbonyl (C=O) groups excluding carboxylic acids is 1. The summed E-state index contributed by atoms with van der Waals surface area (Å²) in [6.45, 7) is 5.13. The summed E-state index contributed by atoms with van der Waals surface area (Å²) in [5.74, 6) is 1.05. The third-order valence-electron chi connectivity index (χ3n) is 6.29. The maximum atomic E-state index is 13.0. The molecular weight excluding hydrogens is 442 g/mol. The van der Waals surface area contributed by atoms with Gasteiger partial charge in [-0.2, -0.15) is 0 Å². The molecule has 0 saturated heterocycles. The van der Waals surface area contributed by atoms with Gasteiger partial charge in [-0.1, -0.05) is 6.92 Å². The van der Waals surface area contributed by atoms with E-state index in [4.69, 9.17) is 0 Å². The van der Waals surface area contributed by atoms with E-state index in [0.29, 0.717) is 35.1 Å². The Morgan fingerprint density at radius 2 is 2.06 bits per heavy atom. The van der Waals surface area contributed by atoms with Crippen molar-refractivity contribution in [1.82, 2.24) is 34.4 Å². The van der Waals surface area contributed by atoms with Gasteiger partial charge < -0.3 is 15.2 Å². The minimum absolute atomic E-state index is 0.0534. The normalized spacial score (nSPS) is 20.1. The fourth-order valence-corrected chi connectivity index (χ4v) is 4.64. The lowest BCUT2D eigenvalue weighted by atomic mass is 9.74. The van der Waals surface area contributed by atoms with E-state index in [0.717, 1.165) is 23.9 Å². The zero-order valence-electron chi connectivity index (χ0n) is 19.2. The topological polar surface area (TPSA) is 102 Å². The van der Waals surface area contributed by atoms with E-state index in [-0.39, 0.29) is 17.5 Å². The van der Waals surface area contributed by atoms with Crippen LogP contribution in [0.1, 0.15) is 38.9 Å². The van der Waals surface area contributed by atoms with Gasteiger partial charge >= 0.3 is 0 Å². The van der Waals surface area contributed by atoms with Gasteiger partial charge in [0.15, 0.2) is 5.65 Å². The maximum Gasteiger partial charge on any atom is 0.256 e. The first kappa shape index (κ1) is 22.2. The Hall–Kier alpha value is -3.63. The van der Waals surface area contributed by atoms with Gasteiger partial charge in [0.1, 0.15) is 11.3 Å². The molecule has 4 heterocycles. The van der Waals surface area contributed by atoms with Crippen LogP contribution < -0.4 is 10.6 Å². The minimum atomic E-state index is -2.49. The molecule has 0 aliphatic heterocycles. The first-order chi connectivity index (χ1) is 16.2. The van der Waals surface area contributed by atoms with Crippen LogP contribution in [0.5, 0.6) is 0 Å². The molecule has 0 radical (unpaired) electrons. The molecule has 0 atom stereocenters. The second-order valence-corrected chi connectivity index (χ2v) is 9.05. The molecule has 1 fully saturated rings. The van der Waals surface area contributed by atoms with Crippen LogP contribution in [0.15, 0.2) is 30.6 Å². The summed E-state index contributed by atoms with van der Waals surface area (Å²) in [4.78, 5) is 25.1. The summed E-state index contributed by atoms with van der Waals surface area (Å²) < 4.78 is 29.2. The van der Waals surface area contributed by atoms with Crippen molar-refractivity contribution in [3.05, 3.63) is 36.4 Å². The number of hydrogen-bond acceptors (Lipinski definition) is 6. The highest BCUT2D eigenvalue weighted by Crippen LogP contribution is 2.34. The van der Waals surface area contributed by atoms with E-state index in [1.807, 2.05) is 32.2 Å². The number of carbonyl (C=O) groups is 1. The third kappa shape index (κ3) is 4.06. The lowest BCUT2D eigenvalue weighted by molar-refractivity contribution is -0.123. The number of alkyl halides is 2. The lowest BCUT2D eigenvalue weighted by Gasteiger charge is -2.45. The minimum Gasteiger partial charge on any atom is -0.351 e. The van der Waals surface area contributed by atoms with Crippen molar-refractivity contribution < 1.29 is 13.6 Å². The number of anilines is 1. The number of amides is 1. The van der Waals surface area contributed by atoms with Crippen molar-refractivity contribution in [3.8, 4) is 11.3 Å². The van der Waals surface area contributed by atoms with E-state index < -0.39 is 13.0 Å². The summed E-state index contributed by atoms with van der Waals surface area (Å²) >= 11 is 0. The zero-order chi connectivity index (χ0) is 24.0. The Morgan fingerprint density at radius 1 is 1.26 bits per heavy atom. The molecule has 9 nitrogen and oxygen atoms in total. The second-order valence-electron chi connectivity index (χ2n) is 9.05. The molecular formula is C23H26F2N8O. The molecule has 2 N–H and O–H groups in total. The van der Waals surface area contributed by atoms with Crippen molar-refractivity contribution in [2.24, 2.45) is 0 Å². The van der Waals surface area contributed by atoms with Gasteiger partial charge in [0.25, 0.3) is 6.43 Å². The SMILES string of the molecule is CCC(=O)N[C@]1(C)C[C@H](Nc2ncc3c(-c4ccc5nc(C)n(CC(F)F)c5n4)ccn3n2)C1. The van der Waals surface area contributed by atoms with Crippen molar-refractivity contribution >= 4 is 28.5 Å². The van der Waals surface area contributed by atoms with Crippen LogP contribution in [0, 0.1) is 6.92 Å². The zero-order valence-corrected chi connectivity index (χ0v) is 19.2. The number of fused-ring (bicyclic) bond motifs is 2. The van der Waals surface area contributed by atoms with Crippen molar-refractivity contribution in [2.75, 3.05) is 5.32 Å². The lowest BCUT2D eigenvalue weighted by Crippen LogP contribution is -2.59. The first-order valence-electron chi connectivity index (χ1n) is 11.3. The van der Waals surface area contributed by atoms with E-state index >= 15 is 0 Å². The van der Waals surface area contributed by atoms with Gasteiger partial charge in [0.2, 0.25) is 11.9 Å². The van der Waals surface area contributed by atoms with Crippen LogP contribution in [0.3, 0.4) is 0 Å². The van der Waals surface area contributed by atoms with Crippen molar-refractivity contribution in [1.29, 1.82) is 0 Å². The molecule has 5 rings (SSSR count).